The topological polar surface area (TPSA) is 57.7 Å². The fourth-order valence-electron chi connectivity index (χ4n) is 4.23. The summed E-state index contributed by atoms with van der Waals surface area (Å²) < 4.78 is 5.55. The molecular formula is C18H25ClN4O2. The molecule has 3 fully saturated rings. The molecule has 0 spiro atoms. The minimum Gasteiger partial charge on any atom is -0.376 e. The van der Waals surface area contributed by atoms with Crippen molar-refractivity contribution in [1.29, 1.82) is 0 Å². The molecule has 1 amide bonds. The van der Waals surface area contributed by atoms with Crippen LogP contribution in [0, 0.1) is 0 Å². The summed E-state index contributed by atoms with van der Waals surface area (Å²) in [6, 6.07) is 4.90. The van der Waals surface area contributed by atoms with Gasteiger partial charge in [-0.05, 0) is 30.9 Å². The molecule has 2 bridgehead atoms. The number of amides is 1. The third kappa shape index (κ3) is 4.14. The number of fused-ring (bicyclic) bond motifs is 2. The van der Waals surface area contributed by atoms with Crippen molar-refractivity contribution in [3.05, 3.63) is 29.0 Å². The van der Waals surface area contributed by atoms with Gasteiger partial charge in [-0.3, -0.25) is 14.6 Å². The zero-order chi connectivity index (χ0) is 17.2. The van der Waals surface area contributed by atoms with Gasteiger partial charge in [-0.2, -0.15) is 0 Å². The number of likely N-dealkylation sites (tertiary alicyclic amines) is 2. The second-order valence-corrected chi connectivity index (χ2v) is 7.72. The first-order valence-electron chi connectivity index (χ1n) is 9.14. The Hall–Kier alpha value is -1.21. The van der Waals surface area contributed by atoms with E-state index < -0.39 is 0 Å². The lowest BCUT2D eigenvalue weighted by Gasteiger charge is -2.33. The lowest BCUT2D eigenvalue weighted by atomic mass is 10.2. The van der Waals surface area contributed by atoms with Crippen LogP contribution in [-0.2, 0) is 16.1 Å². The number of hydrogen-bond acceptors (Lipinski definition) is 5. The number of ether oxygens (including phenoxy) is 1. The van der Waals surface area contributed by atoms with Gasteiger partial charge in [-0.15, -0.1) is 0 Å². The molecule has 0 aromatic carbocycles. The van der Waals surface area contributed by atoms with Crippen molar-refractivity contribution in [3.8, 4) is 0 Å². The van der Waals surface area contributed by atoms with E-state index in [0.29, 0.717) is 30.3 Å². The van der Waals surface area contributed by atoms with Crippen molar-refractivity contribution in [1.82, 2.24) is 20.1 Å². The molecule has 3 aliphatic rings. The minimum atomic E-state index is 0.122. The summed E-state index contributed by atoms with van der Waals surface area (Å²) in [5, 5.41) is 3.56. The molecular weight excluding hydrogens is 340 g/mol. The Kier molecular flexibility index (Phi) is 5.22. The molecule has 0 radical (unpaired) electrons. The summed E-state index contributed by atoms with van der Waals surface area (Å²) in [7, 11) is 0. The van der Waals surface area contributed by atoms with Crippen molar-refractivity contribution >= 4 is 17.5 Å². The molecule has 4 heterocycles. The first-order valence-corrected chi connectivity index (χ1v) is 9.52. The van der Waals surface area contributed by atoms with Gasteiger partial charge < -0.3 is 10.1 Å². The normalized spacial score (nSPS) is 29.4. The molecule has 25 heavy (non-hydrogen) atoms. The van der Waals surface area contributed by atoms with Crippen LogP contribution in [0.5, 0.6) is 0 Å². The first kappa shape index (κ1) is 17.2. The van der Waals surface area contributed by atoms with Crippen molar-refractivity contribution < 1.29 is 9.53 Å². The van der Waals surface area contributed by atoms with Crippen molar-refractivity contribution in [2.24, 2.45) is 0 Å². The van der Waals surface area contributed by atoms with E-state index in [9.17, 15) is 4.79 Å². The van der Waals surface area contributed by atoms with Crippen LogP contribution >= 0.6 is 11.6 Å². The highest BCUT2D eigenvalue weighted by molar-refractivity contribution is 6.29. The summed E-state index contributed by atoms with van der Waals surface area (Å²) >= 11 is 5.85. The molecule has 3 saturated heterocycles. The van der Waals surface area contributed by atoms with E-state index in [2.05, 4.69) is 20.1 Å². The number of nitrogens with one attached hydrogen (secondary N) is 1. The maximum absolute atomic E-state index is 12.2. The van der Waals surface area contributed by atoms with E-state index in [1.807, 2.05) is 18.3 Å². The average Bonchev–Trinajstić information content (AvgIpc) is 3.32. The van der Waals surface area contributed by atoms with Crippen molar-refractivity contribution in [2.45, 2.75) is 44.0 Å². The minimum absolute atomic E-state index is 0.122. The summed E-state index contributed by atoms with van der Waals surface area (Å²) in [4.78, 5) is 21.2. The average molecular weight is 365 g/mol. The summed E-state index contributed by atoms with van der Waals surface area (Å²) in [5.74, 6) is 0.122. The van der Waals surface area contributed by atoms with Crippen molar-refractivity contribution in [2.75, 3.05) is 32.8 Å². The number of carbonyl (C=O) groups is 1. The number of nitrogens with zero attached hydrogens (tertiary/aromatic N) is 3. The van der Waals surface area contributed by atoms with E-state index >= 15 is 0 Å². The highest BCUT2D eigenvalue weighted by atomic mass is 35.5. The molecule has 3 aliphatic heterocycles. The fraction of sp³-hybridized carbons (Fsp3) is 0.667. The number of aromatic nitrogens is 1. The number of pyridine rings is 1. The highest BCUT2D eigenvalue weighted by Gasteiger charge is 2.43. The quantitative estimate of drug-likeness (QED) is 0.771. The van der Waals surface area contributed by atoms with Crippen LogP contribution in [-0.4, -0.2) is 71.7 Å². The predicted molar refractivity (Wildman–Crippen MR) is 95.4 cm³/mol. The molecule has 7 heteroatoms. The van der Waals surface area contributed by atoms with Gasteiger partial charge >= 0.3 is 0 Å². The maximum atomic E-state index is 12.2. The largest absolute Gasteiger partial charge is 0.376 e. The molecule has 136 valence electrons. The van der Waals surface area contributed by atoms with Gasteiger partial charge in [0, 0.05) is 51.1 Å². The first-order chi connectivity index (χ1) is 12.2. The summed E-state index contributed by atoms with van der Waals surface area (Å²) in [6.45, 7) is 4.88. The summed E-state index contributed by atoms with van der Waals surface area (Å²) in [5.41, 5.74) is 1.19. The molecule has 3 unspecified atom stereocenters. The van der Waals surface area contributed by atoms with Gasteiger partial charge in [0.2, 0.25) is 5.91 Å². The molecule has 0 aliphatic carbocycles. The second-order valence-electron chi connectivity index (χ2n) is 7.33. The highest BCUT2D eigenvalue weighted by Crippen LogP contribution is 2.31. The lowest BCUT2D eigenvalue weighted by molar-refractivity contribution is -0.123. The van der Waals surface area contributed by atoms with E-state index in [1.54, 1.807) is 0 Å². The summed E-state index contributed by atoms with van der Waals surface area (Å²) in [6.07, 6.45) is 5.38. The Morgan fingerprint density at radius 3 is 2.84 bits per heavy atom. The van der Waals surface area contributed by atoms with E-state index in [0.717, 1.165) is 45.5 Å². The Balaban J connectivity index is 1.22. The molecule has 1 aromatic rings. The maximum Gasteiger partial charge on any atom is 0.234 e. The van der Waals surface area contributed by atoms with Gasteiger partial charge in [0.1, 0.15) is 5.15 Å². The smallest absolute Gasteiger partial charge is 0.234 e. The van der Waals surface area contributed by atoms with Gasteiger partial charge in [0.05, 0.1) is 12.6 Å². The van der Waals surface area contributed by atoms with Crippen molar-refractivity contribution in [3.63, 3.8) is 0 Å². The second kappa shape index (κ2) is 7.58. The predicted octanol–water partition coefficient (Wildman–Crippen LogP) is 1.29. The Labute approximate surface area is 153 Å². The Morgan fingerprint density at radius 2 is 2.16 bits per heavy atom. The van der Waals surface area contributed by atoms with Gasteiger partial charge in [0.15, 0.2) is 0 Å². The van der Waals surface area contributed by atoms with E-state index in [-0.39, 0.29) is 12.0 Å². The number of piperazine rings is 1. The molecule has 6 nitrogen and oxygen atoms in total. The molecule has 1 aromatic heterocycles. The zero-order valence-electron chi connectivity index (χ0n) is 14.4. The van der Waals surface area contributed by atoms with Crippen LogP contribution in [0.15, 0.2) is 18.3 Å². The number of rotatable bonds is 6. The third-order valence-electron chi connectivity index (χ3n) is 5.54. The molecule has 4 rings (SSSR count). The van der Waals surface area contributed by atoms with Crippen LogP contribution in [0.2, 0.25) is 5.15 Å². The monoisotopic (exact) mass is 364 g/mol. The van der Waals surface area contributed by atoms with Crippen LogP contribution in [0.3, 0.4) is 0 Å². The van der Waals surface area contributed by atoms with Crippen LogP contribution in [0.1, 0.15) is 24.8 Å². The van der Waals surface area contributed by atoms with Crippen LogP contribution in [0.4, 0.5) is 0 Å². The van der Waals surface area contributed by atoms with E-state index in [4.69, 9.17) is 16.3 Å². The van der Waals surface area contributed by atoms with Gasteiger partial charge in [-0.25, -0.2) is 4.98 Å². The third-order valence-corrected chi connectivity index (χ3v) is 5.76. The van der Waals surface area contributed by atoms with Crippen LogP contribution in [0.25, 0.3) is 0 Å². The van der Waals surface area contributed by atoms with E-state index in [1.165, 1.54) is 5.56 Å². The number of halogens is 1. The Bertz CT molecular complexity index is 606. The molecule has 3 atom stereocenters. The lowest BCUT2D eigenvalue weighted by Crippen LogP contribution is -2.49. The van der Waals surface area contributed by atoms with Gasteiger partial charge in [-0.1, -0.05) is 17.7 Å². The molecule has 0 saturated carbocycles. The van der Waals surface area contributed by atoms with Crippen LogP contribution < -0.4 is 5.32 Å². The number of hydrogen-bond donors (Lipinski definition) is 1. The van der Waals surface area contributed by atoms with Gasteiger partial charge in [0.25, 0.3) is 0 Å². The zero-order valence-corrected chi connectivity index (χ0v) is 15.1. The standard InChI is InChI=1S/C18H25ClN4O2/c19-17-4-3-13(7-20-17)9-22-10-15-6-14(22)11-23(15)12-18(24)21-8-16-2-1-5-25-16/h3-4,7,14-16H,1-2,5-6,8-12H2,(H,21,24). The number of carbonyl (C=O) groups excluding carboxylic acids is 1. The molecule has 1 N–H and O–H groups in total. The SMILES string of the molecule is O=C(CN1CC2CC1CN2Cc1ccc(Cl)nc1)NCC1CCCO1. The fourth-order valence-corrected chi connectivity index (χ4v) is 4.34. The Morgan fingerprint density at radius 1 is 1.32 bits per heavy atom.